The van der Waals surface area contributed by atoms with E-state index in [0.29, 0.717) is 6.07 Å². The van der Waals surface area contributed by atoms with Crippen molar-refractivity contribution < 1.29 is 45.4 Å². The minimum absolute atomic E-state index is 0.0163. The molecule has 0 fully saturated rings. The van der Waals surface area contributed by atoms with Crippen LogP contribution in [-0.2, 0) is 35.3 Å². The first-order chi connectivity index (χ1) is 15.3. The average Bonchev–Trinajstić information content (AvgIpc) is 2.71. The molecule has 1 unspecified atom stereocenters. The predicted molar refractivity (Wildman–Crippen MR) is 107 cm³/mol. The van der Waals surface area contributed by atoms with Crippen LogP contribution in [0.2, 0.25) is 0 Å². The van der Waals surface area contributed by atoms with Gasteiger partial charge in [-0.25, -0.2) is 22.7 Å². The maximum Gasteiger partial charge on any atom is 0.416 e. The Morgan fingerprint density at radius 3 is 2.55 bits per heavy atom. The Hall–Kier alpha value is -3.13. The number of sulfonamides is 1. The van der Waals surface area contributed by atoms with Crippen LogP contribution in [0.4, 0.5) is 18.0 Å². The third-order valence-corrected chi connectivity index (χ3v) is 5.79. The minimum Gasteiger partial charge on any atom is -0.463 e. The van der Waals surface area contributed by atoms with E-state index >= 15 is 0 Å². The normalized spacial score (nSPS) is 16.6. The Balaban J connectivity index is 1.96. The molecule has 0 radical (unpaired) electrons. The highest BCUT2D eigenvalue weighted by atomic mass is 32.2. The van der Waals surface area contributed by atoms with Gasteiger partial charge in [0, 0.05) is 6.54 Å². The molecular formula is C19H22F3N3O7S. The summed E-state index contributed by atoms with van der Waals surface area (Å²) < 4.78 is 74.7. The molecular weight excluding hydrogens is 471 g/mol. The first-order valence-electron chi connectivity index (χ1n) is 9.65. The van der Waals surface area contributed by atoms with Gasteiger partial charge in [0.1, 0.15) is 6.61 Å². The Morgan fingerprint density at radius 1 is 1.21 bits per heavy atom. The summed E-state index contributed by atoms with van der Waals surface area (Å²) >= 11 is 0. The minimum atomic E-state index is -4.71. The fourth-order valence-electron chi connectivity index (χ4n) is 2.83. The van der Waals surface area contributed by atoms with E-state index in [1.165, 1.54) is 6.92 Å². The van der Waals surface area contributed by atoms with E-state index in [1.54, 1.807) is 6.92 Å². The van der Waals surface area contributed by atoms with Gasteiger partial charge in [0.15, 0.2) is 0 Å². The molecule has 1 aliphatic heterocycles. The van der Waals surface area contributed by atoms with Crippen LogP contribution in [0.3, 0.4) is 0 Å². The van der Waals surface area contributed by atoms with E-state index in [-0.39, 0.29) is 17.9 Å². The van der Waals surface area contributed by atoms with Crippen molar-refractivity contribution in [2.75, 3.05) is 19.8 Å². The number of hydrogen-bond acceptors (Lipinski definition) is 7. The number of alkyl halides is 3. The summed E-state index contributed by atoms with van der Waals surface area (Å²) in [5.41, 5.74) is -1.05. The Kier molecular flexibility index (Phi) is 8.44. The van der Waals surface area contributed by atoms with Gasteiger partial charge in [-0.3, -0.25) is 4.79 Å². The maximum atomic E-state index is 12.8. The zero-order valence-corrected chi connectivity index (χ0v) is 18.4. The number of carbonyl (C=O) groups is 3. The number of benzene rings is 1. The summed E-state index contributed by atoms with van der Waals surface area (Å²) in [4.78, 5) is 35.2. The highest BCUT2D eigenvalue weighted by molar-refractivity contribution is 7.89. The molecule has 0 bridgehead atoms. The SMILES string of the molecule is CCOC(=O)C1=C(COC(=O)CCNS(=O)(=O)c2cccc(C(F)(F)F)c2)NC(=O)NC1C. The fraction of sp³-hybridized carbons (Fsp3) is 0.421. The summed E-state index contributed by atoms with van der Waals surface area (Å²) in [5.74, 6) is -1.59. The molecule has 0 spiro atoms. The number of carbonyl (C=O) groups excluding carboxylic acids is 3. The van der Waals surface area contributed by atoms with E-state index in [9.17, 15) is 36.0 Å². The lowest BCUT2D eigenvalue weighted by molar-refractivity contribution is -0.143. The van der Waals surface area contributed by atoms with Gasteiger partial charge in [-0.2, -0.15) is 13.2 Å². The summed E-state index contributed by atoms with van der Waals surface area (Å²) in [5, 5.41) is 4.83. The molecule has 0 aliphatic carbocycles. The molecule has 1 aromatic rings. The van der Waals surface area contributed by atoms with Gasteiger partial charge in [-0.1, -0.05) is 6.07 Å². The maximum absolute atomic E-state index is 12.8. The van der Waals surface area contributed by atoms with E-state index < -0.39 is 70.2 Å². The van der Waals surface area contributed by atoms with Crippen LogP contribution in [0, 0.1) is 0 Å². The van der Waals surface area contributed by atoms with Crippen molar-refractivity contribution in [1.82, 2.24) is 15.4 Å². The molecule has 182 valence electrons. The highest BCUT2D eigenvalue weighted by Crippen LogP contribution is 2.30. The van der Waals surface area contributed by atoms with E-state index in [4.69, 9.17) is 9.47 Å². The van der Waals surface area contributed by atoms with Crippen molar-refractivity contribution in [3.05, 3.63) is 41.1 Å². The number of amides is 2. The van der Waals surface area contributed by atoms with Crippen LogP contribution in [0.5, 0.6) is 0 Å². The third kappa shape index (κ3) is 7.18. The van der Waals surface area contributed by atoms with Crippen molar-refractivity contribution in [3.63, 3.8) is 0 Å². The molecule has 1 aliphatic rings. The topological polar surface area (TPSA) is 140 Å². The predicted octanol–water partition coefficient (Wildman–Crippen LogP) is 1.44. The third-order valence-electron chi connectivity index (χ3n) is 4.34. The molecule has 14 heteroatoms. The standard InChI is InChI=1S/C19H22F3N3O7S/c1-3-31-17(27)16-11(2)24-18(28)25-14(16)10-32-15(26)7-8-23-33(29,30)13-6-4-5-12(9-13)19(20,21)22/h4-6,9,11,23H,3,7-8,10H2,1-2H3,(H2,24,25,28). The molecule has 2 rings (SSSR count). The van der Waals surface area contributed by atoms with Crippen molar-refractivity contribution >= 4 is 28.0 Å². The first kappa shape index (κ1) is 26.1. The van der Waals surface area contributed by atoms with Crippen LogP contribution in [-0.4, -0.2) is 52.2 Å². The summed E-state index contributed by atoms with van der Waals surface area (Å²) in [6, 6.07) is 1.83. The zero-order valence-electron chi connectivity index (χ0n) is 17.6. The van der Waals surface area contributed by atoms with Crippen LogP contribution >= 0.6 is 0 Å². The number of hydrogen-bond donors (Lipinski definition) is 3. The molecule has 0 saturated carbocycles. The number of urea groups is 1. The first-order valence-corrected chi connectivity index (χ1v) is 11.1. The van der Waals surface area contributed by atoms with Gasteiger partial charge in [0.25, 0.3) is 0 Å². The molecule has 3 N–H and O–H groups in total. The monoisotopic (exact) mass is 493 g/mol. The van der Waals surface area contributed by atoms with Crippen molar-refractivity contribution in [2.24, 2.45) is 0 Å². The van der Waals surface area contributed by atoms with Crippen molar-refractivity contribution in [2.45, 2.75) is 37.4 Å². The molecule has 2 amide bonds. The van der Waals surface area contributed by atoms with Gasteiger partial charge in [-0.05, 0) is 32.0 Å². The summed E-state index contributed by atoms with van der Waals surface area (Å²) in [6.45, 7) is 2.28. The van der Waals surface area contributed by atoms with Gasteiger partial charge >= 0.3 is 24.1 Å². The largest absolute Gasteiger partial charge is 0.463 e. The Bertz CT molecular complexity index is 1050. The van der Waals surface area contributed by atoms with Gasteiger partial charge in [0.2, 0.25) is 10.0 Å². The second-order valence-electron chi connectivity index (χ2n) is 6.77. The number of ether oxygens (including phenoxy) is 2. The average molecular weight is 493 g/mol. The smallest absolute Gasteiger partial charge is 0.416 e. The van der Waals surface area contributed by atoms with Gasteiger partial charge in [0.05, 0.1) is 40.8 Å². The number of nitrogens with one attached hydrogen (secondary N) is 3. The quantitative estimate of drug-likeness (QED) is 0.442. The van der Waals surface area contributed by atoms with E-state index in [1.807, 2.05) is 4.72 Å². The molecule has 1 atom stereocenters. The van der Waals surface area contributed by atoms with Crippen LogP contribution < -0.4 is 15.4 Å². The number of rotatable bonds is 9. The highest BCUT2D eigenvalue weighted by Gasteiger charge is 2.32. The lowest BCUT2D eigenvalue weighted by atomic mass is 10.0. The lowest BCUT2D eigenvalue weighted by Crippen LogP contribution is -2.50. The molecule has 33 heavy (non-hydrogen) atoms. The Morgan fingerprint density at radius 2 is 1.91 bits per heavy atom. The number of halogens is 3. The molecule has 10 nitrogen and oxygen atoms in total. The van der Waals surface area contributed by atoms with Crippen LogP contribution in [0.15, 0.2) is 40.4 Å². The second-order valence-corrected chi connectivity index (χ2v) is 8.53. The van der Waals surface area contributed by atoms with E-state index in [2.05, 4.69) is 10.6 Å². The molecule has 1 aromatic carbocycles. The van der Waals surface area contributed by atoms with Crippen LogP contribution in [0.1, 0.15) is 25.8 Å². The summed E-state index contributed by atoms with van der Waals surface area (Å²) in [6.07, 6.45) is -5.17. The van der Waals surface area contributed by atoms with Crippen molar-refractivity contribution in [3.8, 4) is 0 Å². The van der Waals surface area contributed by atoms with E-state index in [0.717, 1.165) is 18.2 Å². The number of esters is 2. The zero-order chi connectivity index (χ0) is 24.8. The van der Waals surface area contributed by atoms with Gasteiger partial charge < -0.3 is 20.1 Å². The second kappa shape index (κ2) is 10.7. The van der Waals surface area contributed by atoms with Crippen LogP contribution in [0.25, 0.3) is 0 Å². The Labute approximate surface area is 187 Å². The summed E-state index contributed by atoms with van der Waals surface area (Å²) in [7, 11) is -4.31. The molecule has 1 heterocycles. The molecule has 0 saturated heterocycles. The fourth-order valence-corrected chi connectivity index (χ4v) is 3.91. The lowest BCUT2D eigenvalue weighted by Gasteiger charge is -2.26. The molecule has 0 aromatic heterocycles. The van der Waals surface area contributed by atoms with Crippen molar-refractivity contribution in [1.29, 1.82) is 0 Å². The van der Waals surface area contributed by atoms with Gasteiger partial charge in [-0.15, -0.1) is 0 Å².